The Hall–Kier alpha value is -1.92. The van der Waals surface area contributed by atoms with Crippen molar-refractivity contribution >= 4 is 11.9 Å². The Balaban J connectivity index is 3.57. The second-order valence-electron chi connectivity index (χ2n) is 17.5. The third kappa shape index (κ3) is 45.4. The predicted molar refractivity (Wildman–Crippen MR) is 255 cm³/mol. The summed E-state index contributed by atoms with van der Waals surface area (Å²) < 4.78 is 5.43. The first kappa shape index (κ1) is 57.1. The van der Waals surface area contributed by atoms with E-state index < -0.39 is 12.1 Å². The van der Waals surface area contributed by atoms with Crippen LogP contribution in [-0.2, 0) is 14.3 Å². The number of hydrogen-bond donors (Lipinski definition) is 3. The lowest BCUT2D eigenvalue weighted by atomic mass is 10.0. The van der Waals surface area contributed by atoms with Gasteiger partial charge in [0.25, 0.3) is 0 Å². The summed E-state index contributed by atoms with van der Waals surface area (Å²) in [6.45, 7) is 4.81. The smallest absolute Gasteiger partial charge is 0.305 e. The summed E-state index contributed by atoms with van der Waals surface area (Å²) >= 11 is 0. The number of hydrogen-bond acceptors (Lipinski definition) is 5. The average molecular weight is 830 g/mol. The van der Waals surface area contributed by atoms with Crippen molar-refractivity contribution in [3.63, 3.8) is 0 Å². The minimum absolute atomic E-state index is 0.0420. The van der Waals surface area contributed by atoms with Gasteiger partial charge in [-0.1, -0.05) is 204 Å². The van der Waals surface area contributed by atoms with E-state index in [4.69, 9.17) is 4.74 Å². The Labute approximate surface area is 366 Å². The second kappa shape index (κ2) is 48.7. The number of carbonyl (C=O) groups excluding carboxylic acids is 2. The molecule has 0 rings (SSSR count). The predicted octanol–water partition coefficient (Wildman–Crippen LogP) is 15.3. The second-order valence-corrected chi connectivity index (χ2v) is 17.5. The van der Waals surface area contributed by atoms with E-state index in [2.05, 4.69) is 43.5 Å². The van der Waals surface area contributed by atoms with E-state index in [0.717, 1.165) is 83.5 Å². The number of allylic oxidation sites excluding steroid dienone is 5. The molecular formula is C53H99NO5. The summed E-state index contributed by atoms with van der Waals surface area (Å²) in [6.07, 6.45) is 58.6. The molecule has 1 amide bonds. The van der Waals surface area contributed by atoms with E-state index in [1.54, 1.807) is 6.08 Å². The largest absolute Gasteiger partial charge is 0.466 e. The number of amides is 1. The fourth-order valence-electron chi connectivity index (χ4n) is 7.62. The average Bonchev–Trinajstić information content (AvgIpc) is 3.24. The van der Waals surface area contributed by atoms with E-state index in [1.807, 2.05) is 6.08 Å². The van der Waals surface area contributed by atoms with Gasteiger partial charge in [-0.3, -0.25) is 9.59 Å². The van der Waals surface area contributed by atoms with Gasteiger partial charge in [-0.2, -0.15) is 0 Å². The highest BCUT2D eigenvalue weighted by Crippen LogP contribution is 2.15. The first-order valence-electron chi connectivity index (χ1n) is 25.8. The molecule has 59 heavy (non-hydrogen) atoms. The van der Waals surface area contributed by atoms with Gasteiger partial charge in [-0.05, 0) is 83.5 Å². The zero-order valence-electron chi connectivity index (χ0n) is 39.2. The maximum absolute atomic E-state index is 12.4. The summed E-state index contributed by atoms with van der Waals surface area (Å²) in [7, 11) is 0. The minimum Gasteiger partial charge on any atom is -0.466 e. The lowest BCUT2D eigenvalue weighted by Crippen LogP contribution is -2.45. The lowest BCUT2D eigenvalue weighted by Gasteiger charge is -2.20. The Morgan fingerprint density at radius 2 is 0.797 bits per heavy atom. The Morgan fingerprint density at radius 3 is 1.20 bits per heavy atom. The Bertz CT molecular complexity index is 962. The first-order valence-corrected chi connectivity index (χ1v) is 25.8. The van der Waals surface area contributed by atoms with Crippen molar-refractivity contribution in [1.29, 1.82) is 0 Å². The number of ether oxygens (including phenoxy) is 1. The van der Waals surface area contributed by atoms with Crippen molar-refractivity contribution in [1.82, 2.24) is 5.32 Å². The number of aliphatic hydroxyl groups excluding tert-OH is 2. The van der Waals surface area contributed by atoms with Crippen LogP contribution in [0.15, 0.2) is 36.5 Å². The summed E-state index contributed by atoms with van der Waals surface area (Å²) in [6, 6.07) is -0.649. The molecule has 0 aliphatic heterocycles. The Kier molecular flexibility index (Phi) is 47.2. The van der Waals surface area contributed by atoms with Crippen LogP contribution in [0.4, 0.5) is 0 Å². The van der Waals surface area contributed by atoms with Gasteiger partial charge in [0.1, 0.15) is 0 Å². The van der Waals surface area contributed by atoms with E-state index in [1.165, 1.54) is 154 Å². The van der Waals surface area contributed by atoms with Crippen LogP contribution in [0, 0.1) is 0 Å². The fraction of sp³-hybridized carbons (Fsp3) is 0.849. The van der Waals surface area contributed by atoms with Crippen LogP contribution < -0.4 is 5.32 Å². The number of rotatable bonds is 47. The fourth-order valence-corrected chi connectivity index (χ4v) is 7.62. The van der Waals surface area contributed by atoms with Gasteiger partial charge in [0.2, 0.25) is 5.91 Å². The highest BCUT2D eigenvalue weighted by Gasteiger charge is 2.18. The highest BCUT2D eigenvalue weighted by atomic mass is 16.5. The molecule has 0 fully saturated rings. The van der Waals surface area contributed by atoms with Gasteiger partial charge in [0.05, 0.1) is 25.4 Å². The van der Waals surface area contributed by atoms with Crippen LogP contribution in [0.1, 0.15) is 264 Å². The third-order valence-corrected chi connectivity index (χ3v) is 11.6. The first-order chi connectivity index (χ1) is 29.0. The molecule has 0 heterocycles. The molecule has 346 valence electrons. The zero-order valence-corrected chi connectivity index (χ0v) is 39.2. The van der Waals surface area contributed by atoms with Crippen molar-refractivity contribution < 1.29 is 24.5 Å². The molecule has 0 saturated carbocycles. The molecule has 0 bridgehead atoms. The van der Waals surface area contributed by atoms with Gasteiger partial charge >= 0.3 is 5.97 Å². The quantitative estimate of drug-likeness (QED) is 0.0323. The van der Waals surface area contributed by atoms with E-state index in [9.17, 15) is 19.8 Å². The van der Waals surface area contributed by atoms with Crippen molar-refractivity contribution in [2.24, 2.45) is 0 Å². The van der Waals surface area contributed by atoms with Crippen LogP contribution >= 0.6 is 0 Å². The molecule has 0 radical (unpaired) electrons. The van der Waals surface area contributed by atoms with Crippen LogP contribution in [0.2, 0.25) is 0 Å². The molecule has 0 aromatic carbocycles. The van der Waals surface area contributed by atoms with Crippen LogP contribution in [0.25, 0.3) is 0 Å². The van der Waals surface area contributed by atoms with Crippen LogP contribution in [-0.4, -0.2) is 47.4 Å². The van der Waals surface area contributed by atoms with Gasteiger partial charge in [0.15, 0.2) is 0 Å². The molecule has 0 aromatic heterocycles. The number of unbranched alkanes of at least 4 members (excludes halogenated alkanes) is 32. The SMILES string of the molecule is CCCCCCC/C=C\CCCCCCCC(=O)OCCCC/C=C\CCCCCCCC(=O)NC(CO)C(O)/C=C/CCCCCCCCCCCCCCCCC. The molecule has 6 heteroatoms. The molecule has 0 aromatic rings. The number of esters is 1. The monoisotopic (exact) mass is 830 g/mol. The molecule has 2 unspecified atom stereocenters. The van der Waals surface area contributed by atoms with Gasteiger partial charge in [-0.15, -0.1) is 0 Å². The number of aliphatic hydroxyl groups is 2. The zero-order chi connectivity index (χ0) is 43.0. The van der Waals surface area contributed by atoms with Gasteiger partial charge in [0, 0.05) is 12.8 Å². The molecule has 0 aliphatic rings. The Morgan fingerprint density at radius 1 is 0.458 bits per heavy atom. The maximum atomic E-state index is 12.4. The number of carbonyl (C=O) groups is 2. The normalized spacial score (nSPS) is 12.9. The van der Waals surface area contributed by atoms with E-state index >= 15 is 0 Å². The lowest BCUT2D eigenvalue weighted by molar-refractivity contribution is -0.143. The molecule has 0 saturated heterocycles. The van der Waals surface area contributed by atoms with E-state index in [-0.39, 0.29) is 18.5 Å². The van der Waals surface area contributed by atoms with Crippen molar-refractivity contribution in [2.45, 2.75) is 276 Å². The summed E-state index contributed by atoms with van der Waals surface area (Å²) in [5, 5.41) is 23.1. The van der Waals surface area contributed by atoms with Crippen LogP contribution in [0.5, 0.6) is 0 Å². The van der Waals surface area contributed by atoms with E-state index in [0.29, 0.717) is 19.4 Å². The standard InChI is InChI=1S/C53H99NO5/c1-3-5-7-9-11-13-15-17-19-20-21-22-25-29-33-37-41-45-51(56)50(49-55)54-52(57)46-42-38-34-30-26-24-28-32-36-40-44-48-59-53(58)47-43-39-35-31-27-23-18-16-14-12-10-8-6-4-2/h16,18,28,32,41,45,50-51,55-56H,3-15,17,19-27,29-31,33-40,42-44,46-49H2,1-2H3,(H,54,57)/b18-16-,32-28-,45-41+. The molecule has 0 aliphatic carbocycles. The minimum atomic E-state index is -0.863. The topological polar surface area (TPSA) is 95.9 Å². The molecule has 0 spiro atoms. The molecule has 3 N–H and O–H groups in total. The maximum Gasteiger partial charge on any atom is 0.305 e. The van der Waals surface area contributed by atoms with Crippen molar-refractivity contribution in [2.75, 3.05) is 13.2 Å². The summed E-state index contributed by atoms with van der Waals surface area (Å²) in [5.74, 6) is -0.139. The van der Waals surface area contributed by atoms with Crippen molar-refractivity contribution in [3.8, 4) is 0 Å². The van der Waals surface area contributed by atoms with Crippen LogP contribution in [0.3, 0.4) is 0 Å². The summed E-state index contributed by atoms with van der Waals surface area (Å²) in [4.78, 5) is 24.4. The highest BCUT2D eigenvalue weighted by molar-refractivity contribution is 5.76. The summed E-state index contributed by atoms with van der Waals surface area (Å²) in [5.41, 5.74) is 0. The van der Waals surface area contributed by atoms with Crippen molar-refractivity contribution in [3.05, 3.63) is 36.5 Å². The van der Waals surface area contributed by atoms with Gasteiger partial charge < -0.3 is 20.3 Å². The number of nitrogens with one attached hydrogen (secondary N) is 1. The molecule has 2 atom stereocenters. The van der Waals surface area contributed by atoms with Gasteiger partial charge in [-0.25, -0.2) is 0 Å². The molecular weight excluding hydrogens is 731 g/mol. The third-order valence-electron chi connectivity index (χ3n) is 11.6. The molecule has 6 nitrogen and oxygen atoms in total.